The van der Waals surface area contributed by atoms with E-state index in [4.69, 9.17) is 4.98 Å². The molecular weight excluding hydrogens is 368 g/mol. The van der Waals surface area contributed by atoms with Gasteiger partial charge in [-0.1, -0.05) is 18.2 Å². The Morgan fingerprint density at radius 2 is 1.97 bits per heavy atom. The largest absolute Gasteiger partial charge is 0.465 e. The number of para-hydroxylation sites is 1. The van der Waals surface area contributed by atoms with Crippen LogP contribution in [-0.4, -0.2) is 55.4 Å². The lowest BCUT2D eigenvalue weighted by molar-refractivity contribution is 0.109. The second-order valence-electron chi connectivity index (χ2n) is 8.42. The van der Waals surface area contributed by atoms with Crippen molar-refractivity contribution < 1.29 is 9.90 Å². The summed E-state index contributed by atoms with van der Waals surface area (Å²) in [4.78, 5) is 24.5. The Balaban J connectivity index is 1.53. The quantitative estimate of drug-likeness (QED) is 0.697. The zero-order valence-electron chi connectivity index (χ0n) is 16.0. The van der Waals surface area contributed by atoms with E-state index < -0.39 is 6.09 Å². The Morgan fingerprint density at radius 3 is 2.72 bits per heavy atom. The molecule has 1 saturated carbocycles. The Labute approximate surface area is 167 Å². The standard InChI is InChI=1S/C21H22N6O2/c28-20(29)26-9-7-21(8-10-26)15-3-1-2-4-16(15)27(17(21)13-5-6-13)19-14-11-24-25-18(14)22-12-23-19/h1-4,11-13,17H,5-10H2,(H,28,29)(H,22,23,24,25). The van der Waals surface area contributed by atoms with Crippen LogP contribution in [0.3, 0.4) is 0 Å². The molecule has 1 amide bonds. The molecule has 1 atom stereocenters. The van der Waals surface area contributed by atoms with Crippen molar-refractivity contribution in [3.63, 3.8) is 0 Å². The highest BCUT2D eigenvalue weighted by Gasteiger charge is 2.58. The van der Waals surface area contributed by atoms with Crippen LogP contribution >= 0.6 is 0 Å². The van der Waals surface area contributed by atoms with Crippen molar-refractivity contribution in [2.45, 2.75) is 37.1 Å². The van der Waals surface area contributed by atoms with Crippen LogP contribution in [-0.2, 0) is 5.41 Å². The fourth-order valence-corrected chi connectivity index (χ4v) is 5.59. The number of amides is 1. The average molecular weight is 390 g/mol. The molecule has 148 valence electrons. The van der Waals surface area contributed by atoms with Crippen LogP contribution in [0.25, 0.3) is 11.0 Å². The number of carboxylic acid groups (broad SMARTS) is 1. The van der Waals surface area contributed by atoms with Crippen molar-refractivity contribution in [1.29, 1.82) is 0 Å². The number of aromatic amines is 1. The number of fused-ring (bicyclic) bond motifs is 3. The van der Waals surface area contributed by atoms with Crippen molar-refractivity contribution >= 4 is 28.6 Å². The van der Waals surface area contributed by atoms with E-state index in [9.17, 15) is 9.90 Å². The number of H-pyrrole nitrogens is 1. The molecule has 1 aliphatic carbocycles. The summed E-state index contributed by atoms with van der Waals surface area (Å²) in [6.45, 7) is 1.15. The number of nitrogens with one attached hydrogen (secondary N) is 1. The summed E-state index contributed by atoms with van der Waals surface area (Å²) in [5, 5.41) is 17.5. The lowest BCUT2D eigenvalue weighted by Crippen LogP contribution is -2.52. The highest BCUT2D eigenvalue weighted by Crippen LogP contribution is 2.59. The maximum absolute atomic E-state index is 11.5. The predicted octanol–water partition coefficient (Wildman–Crippen LogP) is 3.29. The molecule has 6 rings (SSSR count). The molecule has 2 fully saturated rings. The molecule has 1 saturated heterocycles. The lowest BCUT2D eigenvalue weighted by atomic mass is 9.68. The van der Waals surface area contributed by atoms with Gasteiger partial charge in [0, 0.05) is 30.2 Å². The molecule has 2 N–H and O–H groups in total. The van der Waals surface area contributed by atoms with Crippen LogP contribution in [0.5, 0.6) is 0 Å². The number of hydrogen-bond donors (Lipinski definition) is 2. The van der Waals surface area contributed by atoms with E-state index in [1.165, 1.54) is 24.1 Å². The van der Waals surface area contributed by atoms with Crippen molar-refractivity contribution in [2.24, 2.45) is 5.92 Å². The molecule has 29 heavy (non-hydrogen) atoms. The second-order valence-corrected chi connectivity index (χ2v) is 8.42. The van der Waals surface area contributed by atoms with E-state index in [1.807, 2.05) is 0 Å². The van der Waals surface area contributed by atoms with Crippen molar-refractivity contribution in [2.75, 3.05) is 18.0 Å². The van der Waals surface area contributed by atoms with Gasteiger partial charge in [-0.15, -0.1) is 0 Å². The van der Waals surface area contributed by atoms with Gasteiger partial charge < -0.3 is 14.9 Å². The van der Waals surface area contributed by atoms with Gasteiger partial charge in [0.1, 0.15) is 12.1 Å². The van der Waals surface area contributed by atoms with Gasteiger partial charge in [-0.25, -0.2) is 14.8 Å². The minimum atomic E-state index is -0.818. The van der Waals surface area contributed by atoms with Crippen LogP contribution in [0.15, 0.2) is 36.8 Å². The molecule has 4 heterocycles. The van der Waals surface area contributed by atoms with E-state index >= 15 is 0 Å². The maximum Gasteiger partial charge on any atom is 0.407 e. The number of likely N-dealkylation sites (tertiary alicyclic amines) is 1. The summed E-state index contributed by atoms with van der Waals surface area (Å²) in [6.07, 6.45) is 6.68. The number of nitrogens with zero attached hydrogens (tertiary/aromatic N) is 5. The molecule has 1 unspecified atom stereocenters. The Bertz CT molecular complexity index is 1100. The number of hydrogen-bond acceptors (Lipinski definition) is 5. The molecule has 3 aliphatic rings. The van der Waals surface area contributed by atoms with Gasteiger partial charge in [-0.2, -0.15) is 5.10 Å². The van der Waals surface area contributed by atoms with Crippen molar-refractivity contribution in [3.8, 4) is 0 Å². The Morgan fingerprint density at radius 1 is 1.17 bits per heavy atom. The molecule has 2 aliphatic heterocycles. The molecule has 1 aromatic carbocycles. The second kappa shape index (κ2) is 5.92. The van der Waals surface area contributed by atoms with Gasteiger partial charge in [0.25, 0.3) is 0 Å². The molecule has 2 aromatic heterocycles. The Kier molecular flexibility index (Phi) is 3.42. The van der Waals surface area contributed by atoms with Gasteiger partial charge >= 0.3 is 6.09 Å². The smallest absolute Gasteiger partial charge is 0.407 e. The highest BCUT2D eigenvalue weighted by atomic mass is 16.4. The minimum absolute atomic E-state index is 0.0509. The zero-order valence-corrected chi connectivity index (χ0v) is 16.0. The third-order valence-corrected chi connectivity index (χ3v) is 6.99. The molecule has 8 nitrogen and oxygen atoms in total. The number of piperidine rings is 1. The average Bonchev–Trinajstić information content (AvgIpc) is 3.39. The fraction of sp³-hybridized carbons (Fsp3) is 0.429. The first-order valence-corrected chi connectivity index (χ1v) is 10.2. The number of carbonyl (C=O) groups is 1. The number of rotatable bonds is 2. The van der Waals surface area contributed by atoms with Gasteiger partial charge in [0.15, 0.2) is 5.65 Å². The zero-order chi connectivity index (χ0) is 19.6. The van der Waals surface area contributed by atoms with E-state index in [-0.39, 0.29) is 11.5 Å². The van der Waals surface area contributed by atoms with Crippen molar-refractivity contribution in [3.05, 3.63) is 42.4 Å². The molecular formula is C21H22N6O2. The third kappa shape index (κ3) is 2.31. The van der Waals surface area contributed by atoms with Crippen molar-refractivity contribution in [1.82, 2.24) is 25.1 Å². The molecule has 1 spiro atoms. The first-order valence-electron chi connectivity index (χ1n) is 10.2. The highest BCUT2D eigenvalue weighted by molar-refractivity contribution is 5.91. The summed E-state index contributed by atoms with van der Waals surface area (Å²) in [7, 11) is 0. The number of benzene rings is 1. The maximum atomic E-state index is 11.5. The molecule has 0 radical (unpaired) electrons. The monoisotopic (exact) mass is 390 g/mol. The van der Waals surface area contributed by atoms with Crippen LogP contribution in [0.4, 0.5) is 16.3 Å². The normalized spacial score (nSPS) is 23.0. The summed E-state index contributed by atoms with van der Waals surface area (Å²) < 4.78 is 0. The molecule has 0 bridgehead atoms. The van der Waals surface area contributed by atoms with Crippen LogP contribution < -0.4 is 4.90 Å². The van der Waals surface area contributed by atoms with Gasteiger partial charge in [-0.3, -0.25) is 5.10 Å². The lowest BCUT2D eigenvalue weighted by Gasteiger charge is -2.44. The van der Waals surface area contributed by atoms with Crippen LogP contribution in [0.2, 0.25) is 0 Å². The van der Waals surface area contributed by atoms with Crippen LogP contribution in [0, 0.1) is 5.92 Å². The van der Waals surface area contributed by atoms with Crippen LogP contribution in [0.1, 0.15) is 31.2 Å². The van der Waals surface area contributed by atoms with E-state index in [0.717, 1.165) is 29.7 Å². The Hall–Kier alpha value is -3.16. The topological polar surface area (TPSA) is 98.2 Å². The van der Waals surface area contributed by atoms with Gasteiger partial charge in [0.2, 0.25) is 0 Å². The van der Waals surface area contributed by atoms with E-state index in [0.29, 0.717) is 19.0 Å². The van der Waals surface area contributed by atoms with Gasteiger partial charge in [0.05, 0.1) is 11.6 Å². The first-order chi connectivity index (χ1) is 14.2. The fourth-order valence-electron chi connectivity index (χ4n) is 5.59. The SMILES string of the molecule is O=C(O)N1CCC2(CC1)c1ccccc1N(c1ncnc3[nH]ncc13)C2C1CC1. The summed E-state index contributed by atoms with van der Waals surface area (Å²) in [5.41, 5.74) is 3.21. The molecule has 3 aromatic rings. The molecule has 8 heteroatoms. The van der Waals surface area contributed by atoms with E-state index in [1.54, 1.807) is 17.4 Å². The third-order valence-electron chi connectivity index (χ3n) is 6.99. The van der Waals surface area contributed by atoms with E-state index in [2.05, 4.69) is 44.3 Å². The van der Waals surface area contributed by atoms with Gasteiger partial charge in [-0.05, 0) is 43.2 Å². The summed E-state index contributed by atoms with van der Waals surface area (Å²) in [6, 6.07) is 8.87. The minimum Gasteiger partial charge on any atom is -0.465 e. The summed E-state index contributed by atoms with van der Waals surface area (Å²) >= 11 is 0. The number of anilines is 2. The first kappa shape index (κ1) is 16.8. The summed E-state index contributed by atoms with van der Waals surface area (Å²) in [5.74, 6) is 1.49. The number of aromatic nitrogens is 4. The predicted molar refractivity (Wildman–Crippen MR) is 107 cm³/mol.